The number of hydrogen-bond donors (Lipinski definition) is 2. The van der Waals surface area contributed by atoms with E-state index in [0.717, 1.165) is 0 Å². The Morgan fingerprint density at radius 1 is 1.12 bits per heavy atom. The van der Waals surface area contributed by atoms with Crippen molar-refractivity contribution in [2.24, 2.45) is 0 Å². The molecule has 0 aromatic carbocycles. The summed E-state index contributed by atoms with van der Waals surface area (Å²) in [7, 11) is 0. The van der Waals surface area contributed by atoms with Crippen molar-refractivity contribution in [3.05, 3.63) is 0 Å². The Bertz CT molecular complexity index is 86.6. The molecular weight excluding hydrogens is 184 g/mol. The van der Waals surface area contributed by atoms with Crippen LogP contribution in [0.5, 0.6) is 0 Å². The van der Waals surface area contributed by atoms with Crippen molar-refractivity contribution in [3.8, 4) is 0 Å². The third kappa shape index (κ3) is 10.4. The van der Waals surface area contributed by atoms with Crippen LogP contribution in [0.1, 0.15) is 0 Å². The van der Waals surface area contributed by atoms with E-state index >= 15 is 0 Å². The van der Waals surface area contributed by atoms with Crippen molar-refractivity contribution in [1.29, 1.82) is 0 Å². The first-order valence-electron chi connectivity index (χ1n) is 1.03. The Morgan fingerprint density at radius 2 is 1.38 bits per heavy atom. The van der Waals surface area contributed by atoms with Gasteiger partial charge in [0, 0.05) is 37.7 Å². The van der Waals surface area contributed by atoms with Crippen LogP contribution in [-0.2, 0) is 26.4 Å². The van der Waals surface area contributed by atoms with Crippen LogP contribution in [0.25, 0.3) is 0 Å². The van der Waals surface area contributed by atoms with Gasteiger partial charge in [0.05, 0.1) is 0 Å². The van der Waals surface area contributed by atoms with Crippen LogP contribution >= 0.6 is 0 Å². The van der Waals surface area contributed by atoms with Gasteiger partial charge < -0.3 is 0 Å². The monoisotopic (exact) mass is 186 g/mol. The van der Waals surface area contributed by atoms with Crippen molar-refractivity contribution in [2.75, 3.05) is 0 Å². The third-order valence-electron chi connectivity index (χ3n) is 0.116. The molecule has 0 saturated heterocycles. The minimum absolute atomic E-state index is 0. The molecule has 46 valence electrons. The van der Waals surface area contributed by atoms with Gasteiger partial charge in [0.15, 0.2) is 0 Å². The molecule has 0 aromatic rings. The predicted molar refractivity (Wildman–Crippen MR) is 28.4 cm³/mol. The first-order chi connectivity index (χ1) is 3.13. The van der Waals surface area contributed by atoms with Crippen LogP contribution in [0, 0.1) is 0 Å². The zero-order chi connectivity index (χ0) is 5.86. The normalized spacial score (nSPS) is 16.2. The largest absolute Gasteiger partial charge is 0.317 e. The maximum absolute atomic E-state index is 9.35. The maximum Gasteiger partial charge on any atom is 0.317 e. The molecule has 5 nitrogen and oxygen atoms in total. The fourth-order valence-corrected chi connectivity index (χ4v) is 0.448. The average molecular weight is 186 g/mol. The molecule has 0 saturated carbocycles. The Hall–Kier alpha value is 1.44. The van der Waals surface area contributed by atoms with Gasteiger partial charge >= 0.3 is 22.7 Å². The molecule has 0 rings (SSSR count). The van der Waals surface area contributed by atoms with E-state index in [9.17, 15) is 8.42 Å². The van der Waals surface area contributed by atoms with Crippen molar-refractivity contribution < 1.29 is 21.2 Å². The summed E-state index contributed by atoms with van der Waals surface area (Å²) in [5.74, 6) is 0. The Labute approximate surface area is 80.8 Å². The van der Waals surface area contributed by atoms with E-state index < -0.39 is 22.7 Å². The molecule has 0 amide bonds. The summed E-state index contributed by atoms with van der Waals surface area (Å²) in [5.41, 5.74) is 0. The van der Waals surface area contributed by atoms with Crippen molar-refractivity contribution >= 4 is 60.5 Å². The molecule has 0 atom stereocenters. The van der Waals surface area contributed by atoms with E-state index in [-0.39, 0.29) is 37.7 Å². The molecule has 0 bridgehead atoms. The van der Waals surface area contributed by atoms with E-state index in [1.807, 2.05) is 0 Å². The zero-order valence-electron chi connectivity index (χ0n) is 3.64. The maximum atomic E-state index is 9.35. The SMILES string of the molecule is O=S(O)OS(=O)O.[Ca]. The number of rotatable bonds is 2. The second-order valence-corrected chi connectivity index (χ2v) is 1.92. The predicted octanol–water partition coefficient (Wildman–Crippen LogP) is -1.10. The molecule has 0 aliphatic heterocycles. The third-order valence-corrected chi connectivity index (χ3v) is 1.05. The minimum atomic E-state index is -2.65. The summed E-state index contributed by atoms with van der Waals surface area (Å²) >= 11 is -5.29. The summed E-state index contributed by atoms with van der Waals surface area (Å²) in [6.07, 6.45) is 0. The summed E-state index contributed by atoms with van der Waals surface area (Å²) in [6, 6.07) is 0. The molecule has 2 radical (unpaired) electrons. The van der Waals surface area contributed by atoms with Gasteiger partial charge in [-0.2, -0.15) is 8.42 Å². The van der Waals surface area contributed by atoms with Crippen molar-refractivity contribution in [2.45, 2.75) is 0 Å². The summed E-state index contributed by atoms with van der Waals surface area (Å²) in [6.45, 7) is 0. The van der Waals surface area contributed by atoms with E-state index in [1.54, 1.807) is 0 Å². The van der Waals surface area contributed by atoms with Gasteiger partial charge in [-0.15, -0.1) is 3.63 Å². The first-order valence-corrected chi connectivity index (χ1v) is 3.10. The second kappa shape index (κ2) is 6.56. The second-order valence-electron chi connectivity index (χ2n) is 0.502. The van der Waals surface area contributed by atoms with Gasteiger partial charge in [-0.1, -0.05) is 0 Å². The molecule has 0 unspecified atom stereocenters. The van der Waals surface area contributed by atoms with Crippen molar-refractivity contribution in [1.82, 2.24) is 0 Å². The topological polar surface area (TPSA) is 83.8 Å². The molecule has 8 heteroatoms. The van der Waals surface area contributed by atoms with Gasteiger partial charge in [0.2, 0.25) is 0 Å². The van der Waals surface area contributed by atoms with Crippen molar-refractivity contribution in [3.63, 3.8) is 0 Å². The molecule has 0 aromatic heterocycles. The van der Waals surface area contributed by atoms with Crippen LogP contribution in [0.4, 0.5) is 0 Å². The van der Waals surface area contributed by atoms with Gasteiger partial charge in [-0.3, -0.25) is 9.11 Å². The molecule has 0 aliphatic carbocycles. The van der Waals surface area contributed by atoms with E-state index in [4.69, 9.17) is 9.11 Å². The van der Waals surface area contributed by atoms with Gasteiger partial charge in [-0.25, -0.2) is 0 Å². The standard InChI is InChI=1S/Ca.H2O5S2/c;1-6(2)5-7(3)4/h;(H,1,2)(H,3,4). The fourth-order valence-electron chi connectivity index (χ4n) is 0.0498. The first kappa shape index (κ1) is 12.1. The molecule has 0 spiro atoms. The van der Waals surface area contributed by atoms with E-state index in [2.05, 4.69) is 3.63 Å². The summed E-state index contributed by atoms with van der Waals surface area (Å²) < 4.78 is 37.2. The van der Waals surface area contributed by atoms with Gasteiger partial charge in [-0.05, 0) is 0 Å². The molecule has 0 aliphatic rings. The summed E-state index contributed by atoms with van der Waals surface area (Å²) in [4.78, 5) is 0. The molecule has 2 N–H and O–H groups in total. The smallest absolute Gasteiger partial charge is 0.283 e. The summed E-state index contributed by atoms with van der Waals surface area (Å²) in [5, 5.41) is 0. The zero-order valence-corrected chi connectivity index (χ0v) is 7.48. The average Bonchev–Trinajstić information content (AvgIpc) is 1.27. The van der Waals surface area contributed by atoms with Crippen LogP contribution in [0.15, 0.2) is 0 Å². The van der Waals surface area contributed by atoms with Crippen LogP contribution in [0.3, 0.4) is 0 Å². The Morgan fingerprint density at radius 3 is 1.38 bits per heavy atom. The van der Waals surface area contributed by atoms with Crippen LogP contribution in [-0.4, -0.2) is 55.3 Å². The van der Waals surface area contributed by atoms with Gasteiger partial charge in [0.25, 0.3) is 0 Å². The Kier molecular flexibility index (Phi) is 9.96. The fraction of sp³-hybridized carbons (Fsp3) is 0. The van der Waals surface area contributed by atoms with E-state index in [0.29, 0.717) is 0 Å². The van der Waals surface area contributed by atoms with E-state index in [1.165, 1.54) is 0 Å². The molecule has 8 heavy (non-hydrogen) atoms. The molecule has 0 fully saturated rings. The van der Waals surface area contributed by atoms with Crippen LogP contribution in [0.2, 0.25) is 0 Å². The van der Waals surface area contributed by atoms with Crippen LogP contribution < -0.4 is 0 Å². The van der Waals surface area contributed by atoms with Gasteiger partial charge in [0.1, 0.15) is 0 Å². The molecular formula is H2CaO5S2. The quantitative estimate of drug-likeness (QED) is 0.422. The Balaban J connectivity index is 0. The minimum Gasteiger partial charge on any atom is -0.283 e. The molecule has 0 heterocycles. The number of hydrogen-bond acceptors (Lipinski definition) is 3.